The third-order valence-corrected chi connectivity index (χ3v) is 5.70. The lowest BCUT2D eigenvalue weighted by molar-refractivity contribution is -0.121. The van der Waals surface area contributed by atoms with Gasteiger partial charge in [0.1, 0.15) is 11.3 Å². The van der Waals surface area contributed by atoms with Gasteiger partial charge in [-0.2, -0.15) is 5.10 Å². The van der Waals surface area contributed by atoms with E-state index in [9.17, 15) is 9.59 Å². The number of fused-ring (bicyclic) bond motifs is 3. The molecule has 28 heavy (non-hydrogen) atoms. The average molecular weight is 395 g/mol. The molecule has 1 aromatic carbocycles. The topological polar surface area (TPSA) is 68.4 Å². The molecule has 6 nitrogen and oxygen atoms in total. The van der Waals surface area contributed by atoms with Crippen LogP contribution in [0.1, 0.15) is 29.8 Å². The largest absolute Gasteiger partial charge is 0.352 e. The third-order valence-electron chi connectivity index (χ3n) is 4.85. The number of aryl methyl sites for hydroxylation is 3. The monoisotopic (exact) mass is 394 g/mol. The number of rotatable bonds is 6. The standard InChI is InChI=1S/C21H22N4O2S/c1-14-5-7-16(8-6-14)13-22-20(26)4-3-10-24-21(27)18-12-19-17(9-11-28-19)25(18)15(2)23-24/h5-9,11-12H,3-4,10,13H2,1-2H3,(H,22,26). The van der Waals surface area contributed by atoms with Crippen LogP contribution in [0.5, 0.6) is 0 Å². The highest BCUT2D eigenvalue weighted by molar-refractivity contribution is 7.17. The van der Waals surface area contributed by atoms with Crippen LogP contribution >= 0.6 is 11.3 Å². The van der Waals surface area contributed by atoms with Crippen molar-refractivity contribution < 1.29 is 4.79 Å². The summed E-state index contributed by atoms with van der Waals surface area (Å²) >= 11 is 1.61. The van der Waals surface area contributed by atoms with Gasteiger partial charge in [0.2, 0.25) is 5.91 Å². The predicted molar refractivity (Wildman–Crippen MR) is 112 cm³/mol. The van der Waals surface area contributed by atoms with E-state index in [4.69, 9.17) is 0 Å². The number of benzene rings is 1. The van der Waals surface area contributed by atoms with Crippen LogP contribution in [-0.2, 0) is 17.9 Å². The molecule has 0 saturated carbocycles. The first-order chi connectivity index (χ1) is 13.5. The molecule has 0 saturated heterocycles. The fourth-order valence-electron chi connectivity index (χ4n) is 3.36. The molecule has 0 aliphatic heterocycles. The van der Waals surface area contributed by atoms with Gasteiger partial charge in [-0.1, -0.05) is 29.8 Å². The molecule has 1 amide bonds. The number of nitrogens with one attached hydrogen (secondary N) is 1. The molecule has 0 bridgehead atoms. The zero-order valence-corrected chi connectivity index (χ0v) is 16.8. The molecule has 0 atom stereocenters. The van der Waals surface area contributed by atoms with E-state index in [-0.39, 0.29) is 11.5 Å². The molecule has 7 heteroatoms. The minimum Gasteiger partial charge on any atom is -0.352 e. The van der Waals surface area contributed by atoms with Gasteiger partial charge in [0.15, 0.2) is 0 Å². The van der Waals surface area contributed by atoms with Crippen molar-refractivity contribution >= 4 is 33.0 Å². The van der Waals surface area contributed by atoms with Crippen molar-refractivity contribution in [1.29, 1.82) is 0 Å². The summed E-state index contributed by atoms with van der Waals surface area (Å²) in [6.07, 6.45) is 0.928. The highest BCUT2D eigenvalue weighted by Gasteiger charge is 2.13. The molecule has 4 aromatic rings. The van der Waals surface area contributed by atoms with Crippen LogP contribution in [0.15, 0.2) is 46.6 Å². The summed E-state index contributed by atoms with van der Waals surface area (Å²) in [5.74, 6) is 0.751. The number of amides is 1. The fraction of sp³-hybridized carbons (Fsp3) is 0.286. The van der Waals surface area contributed by atoms with Crippen LogP contribution in [0.2, 0.25) is 0 Å². The summed E-state index contributed by atoms with van der Waals surface area (Å²) in [7, 11) is 0. The summed E-state index contributed by atoms with van der Waals surface area (Å²) < 4.78 is 4.45. The number of hydrogen-bond donors (Lipinski definition) is 1. The number of hydrogen-bond acceptors (Lipinski definition) is 4. The quantitative estimate of drug-likeness (QED) is 0.545. The Morgan fingerprint density at radius 2 is 1.93 bits per heavy atom. The summed E-state index contributed by atoms with van der Waals surface area (Å²) in [5, 5.41) is 9.38. The van der Waals surface area contributed by atoms with E-state index in [0.717, 1.165) is 21.6 Å². The van der Waals surface area contributed by atoms with Crippen molar-refractivity contribution in [3.8, 4) is 0 Å². The normalized spacial score (nSPS) is 11.4. The first kappa shape index (κ1) is 18.4. The molecular weight excluding hydrogens is 372 g/mol. The Morgan fingerprint density at radius 3 is 2.71 bits per heavy atom. The van der Waals surface area contributed by atoms with Crippen LogP contribution in [0.3, 0.4) is 0 Å². The molecule has 0 fully saturated rings. The Balaban J connectivity index is 1.38. The molecule has 0 radical (unpaired) electrons. The van der Waals surface area contributed by atoms with Gasteiger partial charge >= 0.3 is 0 Å². The maximum absolute atomic E-state index is 12.7. The maximum Gasteiger partial charge on any atom is 0.291 e. The molecule has 3 heterocycles. The van der Waals surface area contributed by atoms with Crippen LogP contribution in [0.25, 0.3) is 15.7 Å². The molecule has 4 rings (SSSR count). The van der Waals surface area contributed by atoms with Gasteiger partial charge in [-0.05, 0) is 43.3 Å². The Labute approximate surface area is 166 Å². The lowest BCUT2D eigenvalue weighted by atomic mass is 10.1. The van der Waals surface area contributed by atoms with Crippen molar-refractivity contribution in [3.05, 3.63) is 69.1 Å². The van der Waals surface area contributed by atoms with Gasteiger partial charge in [-0.25, -0.2) is 4.68 Å². The third kappa shape index (κ3) is 3.57. The second-order valence-electron chi connectivity index (χ2n) is 6.98. The zero-order valence-electron chi connectivity index (χ0n) is 15.9. The molecule has 0 aliphatic rings. The van der Waals surface area contributed by atoms with E-state index < -0.39 is 0 Å². The second-order valence-corrected chi connectivity index (χ2v) is 7.92. The smallest absolute Gasteiger partial charge is 0.291 e. The number of carbonyl (C=O) groups is 1. The van der Waals surface area contributed by atoms with Gasteiger partial charge < -0.3 is 5.32 Å². The van der Waals surface area contributed by atoms with E-state index in [2.05, 4.69) is 10.4 Å². The second kappa shape index (κ2) is 7.59. The lowest BCUT2D eigenvalue weighted by Gasteiger charge is -2.09. The molecule has 1 N–H and O–H groups in total. The van der Waals surface area contributed by atoms with Crippen LogP contribution in [-0.4, -0.2) is 20.1 Å². The number of aromatic nitrogens is 3. The predicted octanol–water partition coefficient (Wildman–Crippen LogP) is 3.42. The van der Waals surface area contributed by atoms with Gasteiger partial charge in [0, 0.05) is 19.5 Å². The SMILES string of the molecule is Cc1ccc(CNC(=O)CCCn2nc(C)n3c(cc4sccc43)c2=O)cc1. The van der Waals surface area contributed by atoms with Gasteiger partial charge in [-0.15, -0.1) is 11.3 Å². The van der Waals surface area contributed by atoms with Gasteiger partial charge in [-0.3, -0.25) is 14.0 Å². The van der Waals surface area contributed by atoms with Crippen molar-refractivity contribution in [2.75, 3.05) is 0 Å². The molecule has 0 aliphatic carbocycles. The summed E-state index contributed by atoms with van der Waals surface area (Å²) in [6, 6.07) is 12.0. The van der Waals surface area contributed by atoms with E-state index in [0.29, 0.717) is 31.4 Å². The maximum atomic E-state index is 12.7. The van der Waals surface area contributed by atoms with Crippen LogP contribution in [0, 0.1) is 13.8 Å². The Bertz CT molecular complexity index is 1200. The molecule has 144 valence electrons. The zero-order chi connectivity index (χ0) is 19.7. The minimum atomic E-state index is -0.117. The Kier molecular flexibility index (Phi) is 5.00. The van der Waals surface area contributed by atoms with E-state index in [1.165, 1.54) is 10.2 Å². The first-order valence-corrected chi connectivity index (χ1v) is 10.2. The molecular formula is C21H22N4O2S. The highest BCUT2D eigenvalue weighted by atomic mass is 32.1. The average Bonchev–Trinajstić information content (AvgIpc) is 3.26. The number of thiophene rings is 1. The van der Waals surface area contributed by atoms with Crippen molar-refractivity contribution in [1.82, 2.24) is 19.5 Å². The van der Waals surface area contributed by atoms with Crippen molar-refractivity contribution in [3.63, 3.8) is 0 Å². The first-order valence-electron chi connectivity index (χ1n) is 9.31. The van der Waals surface area contributed by atoms with Crippen LogP contribution < -0.4 is 10.9 Å². The lowest BCUT2D eigenvalue weighted by Crippen LogP contribution is -2.27. The van der Waals surface area contributed by atoms with Crippen LogP contribution in [0.4, 0.5) is 0 Å². The Morgan fingerprint density at radius 1 is 1.14 bits per heavy atom. The van der Waals surface area contributed by atoms with Crippen molar-refractivity contribution in [2.24, 2.45) is 0 Å². The number of carbonyl (C=O) groups excluding carboxylic acids is 1. The molecule has 0 spiro atoms. The Hall–Kier alpha value is -2.93. The highest BCUT2D eigenvalue weighted by Crippen LogP contribution is 2.24. The number of nitrogens with zero attached hydrogens (tertiary/aromatic N) is 3. The van der Waals surface area contributed by atoms with E-state index >= 15 is 0 Å². The summed E-state index contributed by atoms with van der Waals surface area (Å²) in [6.45, 7) is 4.87. The van der Waals surface area contributed by atoms with Gasteiger partial charge in [0.05, 0.1) is 10.2 Å². The van der Waals surface area contributed by atoms with Gasteiger partial charge in [0.25, 0.3) is 5.56 Å². The van der Waals surface area contributed by atoms with E-state index in [1.54, 1.807) is 11.3 Å². The minimum absolute atomic E-state index is 0.0189. The summed E-state index contributed by atoms with van der Waals surface area (Å²) in [5.41, 5.74) is 3.81. The molecule has 3 aromatic heterocycles. The van der Waals surface area contributed by atoms with E-state index in [1.807, 2.05) is 60.0 Å². The van der Waals surface area contributed by atoms with Crippen molar-refractivity contribution in [2.45, 2.75) is 39.8 Å². The fourth-order valence-corrected chi connectivity index (χ4v) is 4.17. The molecule has 0 unspecified atom stereocenters. The summed E-state index contributed by atoms with van der Waals surface area (Å²) in [4.78, 5) is 24.8.